The molecule has 3 aromatic rings. The smallest absolute Gasteiger partial charge is 0.0296 e. The summed E-state index contributed by atoms with van der Waals surface area (Å²) in [6, 6.07) is 29.8. The average Bonchev–Trinajstić information content (AvgIpc) is 2.84. The van der Waals surface area contributed by atoms with E-state index in [9.17, 15) is 0 Å². The summed E-state index contributed by atoms with van der Waals surface area (Å²) >= 11 is 0. The molecule has 3 rings (SSSR count). The number of allylic oxidation sites excluding steroid dienone is 4. The quantitative estimate of drug-likeness (QED) is 0.265. The van der Waals surface area contributed by atoms with Gasteiger partial charge in [0, 0.05) is 5.92 Å². The van der Waals surface area contributed by atoms with Gasteiger partial charge in [-0.25, -0.2) is 0 Å². The monoisotopic (exact) mass is 432 g/mol. The predicted octanol–water partition coefficient (Wildman–Crippen LogP) is 9.60. The molecule has 0 N–H and O–H groups in total. The van der Waals surface area contributed by atoms with Crippen molar-refractivity contribution >= 4 is 11.6 Å². The van der Waals surface area contributed by atoms with Crippen molar-refractivity contribution in [1.29, 1.82) is 0 Å². The molecule has 3 aromatic carbocycles. The average molecular weight is 433 g/mol. The van der Waals surface area contributed by atoms with Crippen LogP contribution in [-0.4, -0.2) is 0 Å². The van der Waals surface area contributed by atoms with E-state index in [1.807, 2.05) is 6.07 Å². The zero-order valence-electron chi connectivity index (χ0n) is 20.1. The maximum Gasteiger partial charge on any atom is 0.0296 e. The Balaban J connectivity index is 1.60. The van der Waals surface area contributed by atoms with E-state index in [4.69, 9.17) is 0 Å². The number of hydrogen-bond donors (Lipinski definition) is 0. The Morgan fingerprint density at radius 2 is 1.33 bits per heavy atom. The Bertz CT molecular complexity index is 1080. The van der Waals surface area contributed by atoms with E-state index in [0.29, 0.717) is 5.92 Å². The molecule has 1 unspecified atom stereocenters. The molecule has 0 heterocycles. The van der Waals surface area contributed by atoms with Gasteiger partial charge in [-0.3, -0.25) is 0 Å². The Labute approximate surface area is 200 Å². The topological polar surface area (TPSA) is 0 Å². The SMILES string of the molecule is C=C(C/C=C/c1ccc(C(C)C)cc1)CCC(=C)C(C(=C)c1ccccc1)c1ccccc1. The first kappa shape index (κ1) is 24.3. The first-order valence-electron chi connectivity index (χ1n) is 11.9. The number of rotatable bonds is 11. The standard InChI is InChI=1S/C33H36/c1-25(2)30-23-21-29(22-24-30)14-12-13-26(3)19-20-27(4)33(32-17-10-7-11-18-32)28(5)31-15-8-6-9-16-31/h6-12,14-18,21-25,33H,3-5,13,19-20H2,1-2H3/b14-12+. The fourth-order valence-electron chi connectivity index (χ4n) is 4.09. The molecule has 0 aliphatic carbocycles. The molecular weight excluding hydrogens is 396 g/mol. The Morgan fingerprint density at radius 1 is 0.727 bits per heavy atom. The molecule has 0 spiro atoms. The van der Waals surface area contributed by atoms with Gasteiger partial charge in [-0.15, -0.1) is 0 Å². The third-order valence-electron chi connectivity index (χ3n) is 6.15. The van der Waals surface area contributed by atoms with Gasteiger partial charge < -0.3 is 0 Å². The maximum atomic E-state index is 4.48. The van der Waals surface area contributed by atoms with Gasteiger partial charge in [0.15, 0.2) is 0 Å². The summed E-state index contributed by atoms with van der Waals surface area (Å²) in [5.74, 6) is 0.671. The van der Waals surface area contributed by atoms with Crippen LogP contribution in [0.5, 0.6) is 0 Å². The van der Waals surface area contributed by atoms with Gasteiger partial charge in [-0.1, -0.05) is 142 Å². The summed E-state index contributed by atoms with van der Waals surface area (Å²) in [5.41, 5.74) is 8.53. The van der Waals surface area contributed by atoms with Crippen LogP contribution in [0.3, 0.4) is 0 Å². The van der Waals surface area contributed by atoms with Crippen LogP contribution in [0, 0.1) is 0 Å². The highest BCUT2D eigenvalue weighted by atomic mass is 14.2. The number of hydrogen-bond acceptors (Lipinski definition) is 0. The van der Waals surface area contributed by atoms with E-state index in [-0.39, 0.29) is 5.92 Å². The van der Waals surface area contributed by atoms with Gasteiger partial charge in [0.05, 0.1) is 0 Å². The fourth-order valence-corrected chi connectivity index (χ4v) is 4.09. The minimum Gasteiger partial charge on any atom is -0.0995 e. The Hall–Kier alpha value is -3.38. The van der Waals surface area contributed by atoms with Crippen molar-refractivity contribution in [2.75, 3.05) is 0 Å². The van der Waals surface area contributed by atoms with Crippen molar-refractivity contribution in [2.45, 2.75) is 44.9 Å². The van der Waals surface area contributed by atoms with Gasteiger partial charge in [0.25, 0.3) is 0 Å². The van der Waals surface area contributed by atoms with Gasteiger partial charge >= 0.3 is 0 Å². The van der Waals surface area contributed by atoms with Crippen molar-refractivity contribution in [3.8, 4) is 0 Å². The molecular formula is C33H36. The van der Waals surface area contributed by atoms with E-state index in [1.54, 1.807) is 0 Å². The van der Waals surface area contributed by atoms with Crippen LogP contribution >= 0.6 is 0 Å². The predicted molar refractivity (Wildman–Crippen MR) is 146 cm³/mol. The highest BCUT2D eigenvalue weighted by molar-refractivity contribution is 5.72. The molecule has 0 radical (unpaired) electrons. The van der Waals surface area contributed by atoms with Gasteiger partial charge in [-0.05, 0) is 53.0 Å². The lowest BCUT2D eigenvalue weighted by Crippen LogP contribution is -2.05. The molecule has 0 saturated carbocycles. The zero-order valence-corrected chi connectivity index (χ0v) is 20.1. The fraction of sp³-hybridized carbons (Fsp3) is 0.212. The molecule has 0 saturated heterocycles. The summed E-state index contributed by atoms with van der Waals surface area (Å²) in [6.07, 6.45) is 7.12. The molecule has 0 amide bonds. The van der Waals surface area contributed by atoms with E-state index in [1.165, 1.54) is 27.8 Å². The van der Waals surface area contributed by atoms with Gasteiger partial charge in [-0.2, -0.15) is 0 Å². The summed E-state index contributed by atoms with van der Waals surface area (Å²) in [6.45, 7) is 17.7. The van der Waals surface area contributed by atoms with Crippen molar-refractivity contribution in [2.24, 2.45) is 0 Å². The van der Waals surface area contributed by atoms with Crippen LogP contribution in [0.2, 0.25) is 0 Å². The van der Waals surface area contributed by atoms with Gasteiger partial charge in [0.1, 0.15) is 0 Å². The van der Waals surface area contributed by atoms with Crippen molar-refractivity contribution in [1.82, 2.24) is 0 Å². The van der Waals surface area contributed by atoms with Crippen LogP contribution in [0.25, 0.3) is 11.6 Å². The lowest BCUT2D eigenvalue weighted by Gasteiger charge is -2.23. The van der Waals surface area contributed by atoms with E-state index < -0.39 is 0 Å². The summed E-state index contributed by atoms with van der Waals surface area (Å²) in [4.78, 5) is 0. The third-order valence-corrected chi connectivity index (χ3v) is 6.15. The molecule has 0 fully saturated rings. The van der Waals surface area contributed by atoms with Crippen molar-refractivity contribution < 1.29 is 0 Å². The first-order valence-corrected chi connectivity index (χ1v) is 11.9. The molecule has 0 bridgehead atoms. The summed E-state index contributed by atoms with van der Waals surface area (Å²) in [7, 11) is 0. The van der Waals surface area contributed by atoms with Crippen LogP contribution in [0.4, 0.5) is 0 Å². The maximum absolute atomic E-state index is 4.48. The molecule has 0 aliphatic rings. The third kappa shape index (κ3) is 7.05. The molecule has 33 heavy (non-hydrogen) atoms. The normalized spacial score (nSPS) is 12.1. The molecule has 0 aromatic heterocycles. The second-order valence-electron chi connectivity index (χ2n) is 9.07. The lowest BCUT2D eigenvalue weighted by atomic mass is 9.81. The van der Waals surface area contributed by atoms with E-state index in [2.05, 4.69) is 125 Å². The number of benzene rings is 3. The summed E-state index contributed by atoms with van der Waals surface area (Å²) < 4.78 is 0. The largest absolute Gasteiger partial charge is 0.0995 e. The second kappa shape index (κ2) is 12.0. The van der Waals surface area contributed by atoms with E-state index >= 15 is 0 Å². The summed E-state index contributed by atoms with van der Waals surface area (Å²) in [5, 5.41) is 0. The molecule has 0 heteroatoms. The van der Waals surface area contributed by atoms with Crippen molar-refractivity contribution in [3.63, 3.8) is 0 Å². The van der Waals surface area contributed by atoms with Crippen molar-refractivity contribution in [3.05, 3.63) is 144 Å². The highest BCUT2D eigenvalue weighted by Crippen LogP contribution is 2.38. The molecule has 1 atom stereocenters. The van der Waals surface area contributed by atoms with Crippen LogP contribution < -0.4 is 0 Å². The Morgan fingerprint density at radius 3 is 1.94 bits per heavy atom. The lowest BCUT2D eigenvalue weighted by molar-refractivity contribution is 0.841. The minimum absolute atomic E-state index is 0.108. The van der Waals surface area contributed by atoms with Crippen LogP contribution in [0.1, 0.15) is 67.2 Å². The first-order chi connectivity index (χ1) is 16.0. The second-order valence-corrected chi connectivity index (χ2v) is 9.07. The Kier molecular flexibility index (Phi) is 8.84. The van der Waals surface area contributed by atoms with Crippen LogP contribution in [-0.2, 0) is 0 Å². The molecule has 168 valence electrons. The molecule has 0 nitrogen and oxygen atoms in total. The highest BCUT2D eigenvalue weighted by Gasteiger charge is 2.19. The van der Waals surface area contributed by atoms with E-state index in [0.717, 1.165) is 30.4 Å². The minimum atomic E-state index is 0.108. The van der Waals surface area contributed by atoms with Crippen LogP contribution in [0.15, 0.2) is 122 Å². The van der Waals surface area contributed by atoms with Gasteiger partial charge in [0.2, 0.25) is 0 Å². The molecule has 0 aliphatic heterocycles. The zero-order chi connectivity index (χ0) is 23.6.